The molecular weight excluding hydrogens is 278 g/mol. The lowest BCUT2D eigenvalue weighted by molar-refractivity contribution is 0.412. The molecule has 1 aliphatic rings. The van der Waals surface area contributed by atoms with Gasteiger partial charge < -0.3 is 14.4 Å². The van der Waals surface area contributed by atoms with Gasteiger partial charge in [0.15, 0.2) is 0 Å². The summed E-state index contributed by atoms with van der Waals surface area (Å²) in [5, 5.41) is 0. The molecule has 0 saturated carbocycles. The van der Waals surface area contributed by atoms with Crippen molar-refractivity contribution in [3.63, 3.8) is 0 Å². The molecule has 0 amide bonds. The molecule has 1 saturated heterocycles. The second-order valence-corrected chi connectivity index (χ2v) is 5.39. The molecule has 0 N–H and O–H groups in total. The predicted molar refractivity (Wildman–Crippen MR) is 85.8 cm³/mol. The van der Waals surface area contributed by atoms with Crippen molar-refractivity contribution >= 4 is 5.82 Å². The molecule has 3 rings (SSSR count). The molecule has 0 bridgehead atoms. The van der Waals surface area contributed by atoms with Crippen LogP contribution in [0.5, 0.6) is 17.4 Å². The highest BCUT2D eigenvalue weighted by Crippen LogP contribution is 2.25. The largest absolute Gasteiger partial charge is 0.497 e. The van der Waals surface area contributed by atoms with E-state index >= 15 is 0 Å². The summed E-state index contributed by atoms with van der Waals surface area (Å²) in [6.07, 6.45) is 6.62. The fourth-order valence-electron chi connectivity index (χ4n) is 2.62. The quantitative estimate of drug-likeness (QED) is 0.862. The average Bonchev–Trinajstić information content (AvgIpc) is 2.85. The fourth-order valence-corrected chi connectivity index (χ4v) is 2.62. The van der Waals surface area contributed by atoms with Crippen molar-refractivity contribution in [3.05, 3.63) is 36.7 Å². The maximum Gasteiger partial charge on any atom is 0.224 e. The van der Waals surface area contributed by atoms with E-state index in [0.717, 1.165) is 30.4 Å². The summed E-state index contributed by atoms with van der Waals surface area (Å²) < 4.78 is 10.9. The minimum Gasteiger partial charge on any atom is -0.497 e. The molecule has 0 spiro atoms. The first-order valence-electron chi connectivity index (χ1n) is 7.74. The minimum atomic E-state index is 0.569. The lowest BCUT2D eigenvalue weighted by atomic mass is 10.2. The smallest absolute Gasteiger partial charge is 0.224 e. The number of aromatic nitrogens is 2. The van der Waals surface area contributed by atoms with E-state index in [0.29, 0.717) is 5.88 Å². The first kappa shape index (κ1) is 14.6. The van der Waals surface area contributed by atoms with Crippen LogP contribution in [0.15, 0.2) is 36.7 Å². The van der Waals surface area contributed by atoms with Crippen LogP contribution in [0.3, 0.4) is 0 Å². The summed E-state index contributed by atoms with van der Waals surface area (Å²) in [6, 6.07) is 9.38. The third-order valence-corrected chi connectivity index (χ3v) is 3.84. The van der Waals surface area contributed by atoms with Gasteiger partial charge in [0.25, 0.3) is 0 Å². The highest BCUT2D eigenvalue weighted by atomic mass is 16.5. The van der Waals surface area contributed by atoms with Crippen LogP contribution < -0.4 is 14.4 Å². The monoisotopic (exact) mass is 299 g/mol. The predicted octanol–water partition coefficient (Wildman–Crippen LogP) is 3.66. The summed E-state index contributed by atoms with van der Waals surface area (Å²) in [4.78, 5) is 10.9. The molecule has 0 radical (unpaired) electrons. The van der Waals surface area contributed by atoms with E-state index < -0.39 is 0 Å². The first-order chi connectivity index (χ1) is 10.8. The molecule has 1 fully saturated rings. The second kappa shape index (κ2) is 7.11. The number of benzene rings is 1. The minimum absolute atomic E-state index is 0.569. The third kappa shape index (κ3) is 3.67. The van der Waals surface area contributed by atoms with Gasteiger partial charge in [0.05, 0.1) is 7.11 Å². The third-order valence-electron chi connectivity index (χ3n) is 3.84. The molecule has 1 aromatic heterocycles. The maximum absolute atomic E-state index is 5.81. The Morgan fingerprint density at radius 3 is 2.27 bits per heavy atom. The van der Waals surface area contributed by atoms with Crippen LogP contribution in [0.1, 0.15) is 25.7 Å². The van der Waals surface area contributed by atoms with E-state index in [2.05, 4.69) is 14.9 Å². The normalized spacial score (nSPS) is 15.2. The first-order valence-corrected chi connectivity index (χ1v) is 7.74. The summed E-state index contributed by atoms with van der Waals surface area (Å²) in [5.74, 6) is 3.06. The maximum atomic E-state index is 5.81. The number of rotatable bonds is 4. The molecule has 22 heavy (non-hydrogen) atoms. The highest BCUT2D eigenvalue weighted by molar-refractivity contribution is 5.42. The number of nitrogens with zero attached hydrogens (tertiary/aromatic N) is 3. The van der Waals surface area contributed by atoms with E-state index in [4.69, 9.17) is 9.47 Å². The standard InChI is InChI=1S/C17H21N3O2/c1-21-14-6-8-15(9-7-14)22-17-12-16(18-13-19-17)20-10-4-2-3-5-11-20/h6-9,12-13H,2-5,10-11H2,1H3. The Morgan fingerprint density at radius 2 is 1.59 bits per heavy atom. The van der Waals surface area contributed by atoms with Crippen LogP contribution in [0, 0.1) is 0 Å². The second-order valence-electron chi connectivity index (χ2n) is 5.39. The molecule has 0 unspecified atom stereocenters. The van der Waals surface area contributed by atoms with Gasteiger partial charge in [0.1, 0.15) is 23.6 Å². The summed E-state index contributed by atoms with van der Waals surface area (Å²) >= 11 is 0. The van der Waals surface area contributed by atoms with Crippen LogP contribution in [0.25, 0.3) is 0 Å². The topological polar surface area (TPSA) is 47.5 Å². The number of hydrogen-bond donors (Lipinski definition) is 0. The van der Waals surface area contributed by atoms with Crippen molar-refractivity contribution in [2.24, 2.45) is 0 Å². The Bertz CT molecular complexity index is 593. The Morgan fingerprint density at radius 1 is 0.909 bits per heavy atom. The summed E-state index contributed by atoms with van der Waals surface area (Å²) in [7, 11) is 1.65. The summed E-state index contributed by atoms with van der Waals surface area (Å²) in [5.41, 5.74) is 0. The van der Waals surface area contributed by atoms with Gasteiger partial charge in [-0.15, -0.1) is 0 Å². The van der Waals surface area contributed by atoms with E-state index in [-0.39, 0.29) is 0 Å². The molecule has 0 atom stereocenters. The molecule has 1 aliphatic heterocycles. The number of anilines is 1. The highest BCUT2D eigenvalue weighted by Gasteiger charge is 2.12. The Balaban J connectivity index is 1.72. The SMILES string of the molecule is COc1ccc(Oc2cc(N3CCCCCC3)ncn2)cc1. The van der Waals surface area contributed by atoms with Crippen LogP contribution in [0.2, 0.25) is 0 Å². The zero-order chi connectivity index (χ0) is 15.2. The molecule has 2 aromatic rings. The molecular formula is C17H21N3O2. The molecule has 116 valence electrons. The zero-order valence-electron chi connectivity index (χ0n) is 12.9. The number of methoxy groups -OCH3 is 1. The van der Waals surface area contributed by atoms with Gasteiger partial charge in [0, 0.05) is 19.2 Å². The fraction of sp³-hybridized carbons (Fsp3) is 0.412. The average molecular weight is 299 g/mol. The van der Waals surface area contributed by atoms with Crippen molar-refractivity contribution in [2.75, 3.05) is 25.1 Å². The number of ether oxygens (including phenoxy) is 2. The van der Waals surface area contributed by atoms with Crippen LogP contribution in [0.4, 0.5) is 5.82 Å². The molecule has 5 heteroatoms. The Hall–Kier alpha value is -2.30. The van der Waals surface area contributed by atoms with Crippen molar-refractivity contribution in [3.8, 4) is 17.4 Å². The van der Waals surface area contributed by atoms with Gasteiger partial charge in [-0.3, -0.25) is 0 Å². The summed E-state index contributed by atoms with van der Waals surface area (Å²) in [6.45, 7) is 2.11. The Kier molecular flexibility index (Phi) is 4.73. The van der Waals surface area contributed by atoms with Crippen molar-refractivity contribution < 1.29 is 9.47 Å². The Labute approximate surface area is 130 Å². The molecule has 0 aliphatic carbocycles. The molecule has 1 aromatic carbocycles. The van der Waals surface area contributed by atoms with Crippen LogP contribution >= 0.6 is 0 Å². The van der Waals surface area contributed by atoms with E-state index in [1.165, 1.54) is 25.7 Å². The molecule has 5 nitrogen and oxygen atoms in total. The van der Waals surface area contributed by atoms with Gasteiger partial charge in [0.2, 0.25) is 5.88 Å². The number of hydrogen-bond acceptors (Lipinski definition) is 5. The zero-order valence-corrected chi connectivity index (χ0v) is 12.9. The van der Waals surface area contributed by atoms with Gasteiger partial charge in [-0.25, -0.2) is 9.97 Å². The van der Waals surface area contributed by atoms with Crippen molar-refractivity contribution in [2.45, 2.75) is 25.7 Å². The van der Waals surface area contributed by atoms with Gasteiger partial charge in [-0.05, 0) is 37.1 Å². The molecule has 2 heterocycles. The van der Waals surface area contributed by atoms with E-state index in [1.54, 1.807) is 13.4 Å². The van der Waals surface area contributed by atoms with Crippen LogP contribution in [-0.4, -0.2) is 30.2 Å². The lowest BCUT2D eigenvalue weighted by Crippen LogP contribution is -2.24. The van der Waals surface area contributed by atoms with Crippen molar-refractivity contribution in [1.82, 2.24) is 9.97 Å². The van der Waals surface area contributed by atoms with E-state index in [1.807, 2.05) is 30.3 Å². The van der Waals surface area contributed by atoms with Gasteiger partial charge in [-0.1, -0.05) is 12.8 Å². The van der Waals surface area contributed by atoms with Crippen LogP contribution in [-0.2, 0) is 0 Å². The lowest BCUT2D eigenvalue weighted by Gasteiger charge is -2.21. The van der Waals surface area contributed by atoms with E-state index in [9.17, 15) is 0 Å². The van der Waals surface area contributed by atoms with Gasteiger partial charge >= 0.3 is 0 Å². The van der Waals surface area contributed by atoms with Crippen molar-refractivity contribution in [1.29, 1.82) is 0 Å². The van der Waals surface area contributed by atoms with Gasteiger partial charge in [-0.2, -0.15) is 0 Å².